The number of carbonyl (C=O) groups excluding carboxylic acids is 1. The summed E-state index contributed by atoms with van der Waals surface area (Å²) < 4.78 is 5.14. The Hall–Kier alpha value is -1.14. The first-order valence-electron chi connectivity index (χ1n) is 6.43. The van der Waals surface area contributed by atoms with Crippen molar-refractivity contribution in [1.29, 1.82) is 0 Å². The van der Waals surface area contributed by atoms with Crippen LogP contribution in [-0.4, -0.2) is 40.4 Å². The smallest absolute Gasteiger partial charge is 0.326 e. The van der Waals surface area contributed by atoms with Gasteiger partial charge in [0.2, 0.25) is 0 Å². The maximum atomic E-state index is 12.1. The minimum absolute atomic E-state index is 0.218. The van der Waals surface area contributed by atoms with Gasteiger partial charge in [-0.05, 0) is 32.9 Å². The second-order valence-corrected chi connectivity index (χ2v) is 5.31. The van der Waals surface area contributed by atoms with Crippen molar-refractivity contribution in [1.82, 2.24) is 15.3 Å². The summed E-state index contributed by atoms with van der Waals surface area (Å²) in [6, 6.07) is 1.83. The number of nitrogens with zero attached hydrogens (tertiary/aromatic N) is 2. The first kappa shape index (κ1) is 15.9. The van der Waals surface area contributed by atoms with E-state index >= 15 is 0 Å². The molecule has 0 fully saturated rings. The molecule has 1 rings (SSSR count). The van der Waals surface area contributed by atoms with Crippen LogP contribution in [0.5, 0.6) is 0 Å². The van der Waals surface area contributed by atoms with Gasteiger partial charge in [0.05, 0.1) is 11.6 Å². The molecular formula is C13H21N3O2S. The summed E-state index contributed by atoms with van der Waals surface area (Å²) in [4.78, 5) is 20.1. The largest absolute Gasteiger partial charge is 0.465 e. The first-order chi connectivity index (χ1) is 9.12. The quantitative estimate of drug-likeness (QED) is 0.446. The molecule has 0 aliphatic carbocycles. The molecule has 0 aliphatic rings. The Bertz CT molecular complexity index is 389. The van der Waals surface area contributed by atoms with E-state index in [1.54, 1.807) is 6.20 Å². The van der Waals surface area contributed by atoms with Crippen molar-refractivity contribution in [2.24, 2.45) is 0 Å². The summed E-state index contributed by atoms with van der Waals surface area (Å²) in [5.41, 5.74) is -0.693. The zero-order valence-corrected chi connectivity index (χ0v) is 12.5. The van der Waals surface area contributed by atoms with Crippen LogP contribution in [0.3, 0.4) is 0 Å². The molecule has 0 bridgehead atoms. The van der Waals surface area contributed by atoms with Crippen LogP contribution in [0.4, 0.5) is 0 Å². The minimum atomic E-state index is -0.693. The molecule has 1 heterocycles. The molecule has 0 aromatic carbocycles. The van der Waals surface area contributed by atoms with Gasteiger partial charge < -0.3 is 10.1 Å². The van der Waals surface area contributed by atoms with Crippen LogP contribution in [0.25, 0.3) is 0 Å². The van der Waals surface area contributed by atoms with Crippen LogP contribution in [-0.2, 0) is 9.53 Å². The van der Waals surface area contributed by atoms with E-state index in [-0.39, 0.29) is 5.97 Å². The van der Waals surface area contributed by atoms with Gasteiger partial charge in [-0.15, -0.1) is 11.8 Å². The molecular weight excluding hydrogens is 262 g/mol. The van der Waals surface area contributed by atoms with Gasteiger partial charge in [0.1, 0.15) is 11.9 Å². The van der Waals surface area contributed by atoms with Crippen molar-refractivity contribution >= 4 is 17.7 Å². The number of carbonyl (C=O) groups is 1. The highest BCUT2D eigenvalue weighted by molar-refractivity contribution is 7.99. The Morgan fingerprint density at radius 2 is 2.32 bits per heavy atom. The molecule has 0 spiro atoms. The van der Waals surface area contributed by atoms with Gasteiger partial charge in [-0.3, -0.25) is 4.79 Å². The number of thioether (sulfide) groups is 1. The topological polar surface area (TPSA) is 64.1 Å². The number of aromatic nitrogens is 2. The highest BCUT2D eigenvalue weighted by atomic mass is 32.2. The Labute approximate surface area is 118 Å². The molecule has 0 saturated carbocycles. The molecule has 106 valence electrons. The molecule has 6 heteroatoms. The highest BCUT2D eigenvalue weighted by Gasteiger charge is 2.34. The number of ether oxygens (including phenoxy) is 1. The van der Waals surface area contributed by atoms with Gasteiger partial charge in [-0.1, -0.05) is 6.92 Å². The highest BCUT2D eigenvalue weighted by Crippen LogP contribution is 2.21. The molecule has 0 aliphatic heterocycles. The zero-order chi connectivity index (χ0) is 14.1. The van der Waals surface area contributed by atoms with Gasteiger partial charge in [0, 0.05) is 11.9 Å². The normalized spacial score (nSPS) is 13.8. The summed E-state index contributed by atoms with van der Waals surface area (Å²) in [5.74, 6) is 0.355. The van der Waals surface area contributed by atoms with Crippen molar-refractivity contribution in [2.75, 3.05) is 18.9 Å². The third-order valence-electron chi connectivity index (χ3n) is 2.55. The van der Waals surface area contributed by atoms with Gasteiger partial charge in [0.25, 0.3) is 0 Å². The molecule has 0 amide bonds. The summed E-state index contributed by atoms with van der Waals surface area (Å²) in [7, 11) is 0. The average molecular weight is 283 g/mol. The summed E-state index contributed by atoms with van der Waals surface area (Å²) in [6.07, 6.45) is 4.16. The van der Waals surface area contributed by atoms with Gasteiger partial charge in [0.15, 0.2) is 0 Å². The number of nitrogens with one attached hydrogen (secondary N) is 1. The second-order valence-electron chi connectivity index (χ2n) is 4.32. The van der Waals surface area contributed by atoms with E-state index in [0.29, 0.717) is 12.4 Å². The van der Waals surface area contributed by atoms with Crippen LogP contribution in [0.1, 0.15) is 27.2 Å². The van der Waals surface area contributed by atoms with Crippen molar-refractivity contribution in [3.8, 4) is 0 Å². The van der Waals surface area contributed by atoms with Crippen molar-refractivity contribution < 1.29 is 9.53 Å². The Morgan fingerprint density at radius 3 is 2.89 bits per heavy atom. The number of rotatable bonds is 8. The van der Waals surface area contributed by atoms with Crippen LogP contribution >= 0.6 is 11.8 Å². The number of esters is 1. The standard InChI is InChI=1S/C13H21N3O2S/c1-4-7-16-13(3,12(17)18-5-2)9-19-11-6-8-14-10-15-11/h6,8,10,16H,4-5,7,9H2,1-3H3. The monoisotopic (exact) mass is 283 g/mol. The molecule has 1 N–H and O–H groups in total. The Kier molecular flexibility index (Phi) is 6.80. The van der Waals surface area contributed by atoms with Crippen LogP contribution in [0.15, 0.2) is 23.6 Å². The van der Waals surface area contributed by atoms with Gasteiger partial charge in [-0.2, -0.15) is 0 Å². The van der Waals surface area contributed by atoms with Gasteiger partial charge >= 0.3 is 5.97 Å². The molecule has 19 heavy (non-hydrogen) atoms. The fraction of sp³-hybridized carbons (Fsp3) is 0.615. The van der Waals surface area contributed by atoms with E-state index in [2.05, 4.69) is 22.2 Å². The predicted octanol–water partition coefficient (Wildman–Crippen LogP) is 1.89. The fourth-order valence-electron chi connectivity index (χ4n) is 1.46. The van der Waals surface area contributed by atoms with E-state index in [1.807, 2.05) is 19.9 Å². The first-order valence-corrected chi connectivity index (χ1v) is 7.42. The number of hydrogen-bond acceptors (Lipinski definition) is 6. The summed E-state index contributed by atoms with van der Waals surface area (Å²) in [6.45, 7) is 6.92. The maximum Gasteiger partial charge on any atom is 0.326 e. The average Bonchev–Trinajstić information content (AvgIpc) is 2.44. The molecule has 5 nitrogen and oxygen atoms in total. The van der Waals surface area contributed by atoms with E-state index in [9.17, 15) is 4.79 Å². The predicted molar refractivity (Wildman–Crippen MR) is 76.1 cm³/mol. The zero-order valence-electron chi connectivity index (χ0n) is 11.7. The SMILES string of the molecule is CCCNC(C)(CSc1ccncn1)C(=O)OCC. The summed E-state index contributed by atoms with van der Waals surface area (Å²) in [5, 5.41) is 4.11. The maximum absolute atomic E-state index is 12.1. The molecule has 1 aromatic heterocycles. The Balaban J connectivity index is 2.65. The molecule has 1 aromatic rings. The van der Waals surface area contributed by atoms with Crippen LogP contribution in [0, 0.1) is 0 Å². The molecule has 1 unspecified atom stereocenters. The van der Waals surface area contributed by atoms with Crippen molar-refractivity contribution in [3.63, 3.8) is 0 Å². The lowest BCUT2D eigenvalue weighted by Gasteiger charge is -2.27. The summed E-state index contributed by atoms with van der Waals surface area (Å²) >= 11 is 1.52. The lowest BCUT2D eigenvalue weighted by atomic mass is 10.1. The van der Waals surface area contributed by atoms with Crippen molar-refractivity contribution in [3.05, 3.63) is 18.6 Å². The molecule has 0 saturated heterocycles. The Morgan fingerprint density at radius 1 is 1.53 bits per heavy atom. The number of hydrogen-bond donors (Lipinski definition) is 1. The van der Waals surface area contributed by atoms with E-state index in [1.165, 1.54) is 18.1 Å². The third kappa shape index (κ3) is 5.16. The second kappa shape index (κ2) is 8.12. The lowest BCUT2D eigenvalue weighted by Crippen LogP contribution is -2.52. The fourth-order valence-corrected chi connectivity index (χ4v) is 2.39. The van der Waals surface area contributed by atoms with Crippen LogP contribution in [0.2, 0.25) is 0 Å². The van der Waals surface area contributed by atoms with E-state index < -0.39 is 5.54 Å². The van der Waals surface area contributed by atoms with Crippen molar-refractivity contribution in [2.45, 2.75) is 37.8 Å². The van der Waals surface area contributed by atoms with Crippen LogP contribution < -0.4 is 5.32 Å². The van der Waals surface area contributed by atoms with E-state index in [0.717, 1.165) is 18.0 Å². The molecule has 1 atom stereocenters. The van der Waals surface area contributed by atoms with E-state index in [4.69, 9.17) is 4.74 Å². The van der Waals surface area contributed by atoms with Gasteiger partial charge in [-0.25, -0.2) is 9.97 Å². The lowest BCUT2D eigenvalue weighted by molar-refractivity contribution is -0.149. The minimum Gasteiger partial charge on any atom is -0.465 e. The molecule has 0 radical (unpaired) electrons. The third-order valence-corrected chi connectivity index (χ3v) is 3.81.